The smallest absolute Gasteiger partial charge is 0.243 e. The minimum absolute atomic E-state index is 0.0259. The van der Waals surface area contributed by atoms with Crippen molar-refractivity contribution in [2.45, 2.75) is 63.4 Å². The zero-order valence-electron chi connectivity index (χ0n) is 21.4. The van der Waals surface area contributed by atoms with Gasteiger partial charge >= 0.3 is 0 Å². The third-order valence-electron chi connectivity index (χ3n) is 6.85. The Labute approximate surface area is 229 Å². The zero-order chi connectivity index (χ0) is 26.0. The lowest BCUT2D eigenvalue weighted by Crippen LogP contribution is -2.52. The number of aryl methyl sites for hydroxylation is 1. The average molecular weight is 535 g/mol. The Kier molecular flexibility index (Phi) is 10.1. The number of carbonyl (C=O) groups excluding carboxylic acids is 2. The molecule has 0 aliphatic heterocycles. The Morgan fingerprint density at radius 2 is 1.57 bits per heavy atom. The van der Waals surface area contributed by atoms with Crippen LogP contribution in [0.5, 0.6) is 0 Å². The van der Waals surface area contributed by atoms with Crippen LogP contribution in [-0.4, -0.2) is 34.6 Å². The third-order valence-corrected chi connectivity index (χ3v) is 8.09. The summed E-state index contributed by atoms with van der Waals surface area (Å²) < 4.78 is 0. The molecule has 0 bridgehead atoms. The second-order valence-corrected chi connectivity index (χ2v) is 11.2. The molecule has 0 radical (unpaired) electrons. The molecular weight excluding hydrogens is 500 g/mol. The molecule has 3 aromatic carbocycles. The van der Waals surface area contributed by atoms with Crippen molar-refractivity contribution < 1.29 is 9.59 Å². The van der Waals surface area contributed by atoms with Gasteiger partial charge in [-0.15, -0.1) is 11.8 Å². The molecule has 1 saturated carbocycles. The van der Waals surface area contributed by atoms with E-state index in [9.17, 15) is 9.59 Å². The van der Waals surface area contributed by atoms with Crippen LogP contribution in [0.4, 0.5) is 0 Å². The second-order valence-electron chi connectivity index (χ2n) is 9.82. The number of amides is 2. The number of thioether (sulfide) groups is 1. The molecule has 4 rings (SSSR count). The van der Waals surface area contributed by atoms with Gasteiger partial charge < -0.3 is 10.2 Å². The van der Waals surface area contributed by atoms with Gasteiger partial charge in [0.2, 0.25) is 11.8 Å². The number of halogens is 1. The van der Waals surface area contributed by atoms with Crippen LogP contribution in [0.2, 0.25) is 5.02 Å². The van der Waals surface area contributed by atoms with Crippen LogP contribution < -0.4 is 5.32 Å². The SMILES string of the molecule is Cc1ccc(CN(C(=O)CSCc2ccc(Cl)cc2)[C@H](Cc2ccccc2)C(=O)NC2CCCC2)cc1. The van der Waals surface area contributed by atoms with Crippen LogP contribution in [0.1, 0.15) is 47.9 Å². The number of carbonyl (C=O) groups is 2. The lowest BCUT2D eigenvalue weighted by molar-refractivity contribution is -0.139. The summed E-state index contributed by atoms with van der Waals surface area (Å²) >= 11 is 7.57. The Balaban J connectivity index is 1.55. The van der Waals surface area contributed by atoms with Crippen molar-refractivity contribution in [3.05, 3.63) is 106 Å². The molecule has 1 aliphatic rings. The van der Waals surface area contributed by atoms with Crippen LogP contribution in [0.25, 0.3) is 0 Å². The maximum atomic E-state index is 13.7. The summed E-state index contributed by atoms with van der Waals surface area (Å²) in [7, 11) is 0. The molecule has 2 amide bonds. The lowest BCUT2D eigenvalue weighted by atomic mass is 10.0. The van der Waals surface area contributed by atoms with E-state index in [1.54, 1.807) is 16.7 Å². The number of rotatable bonds is 11. The van der Waals surface area contributed by atoms with Gasteiger partial charge in [0.1, 0.15) is 6.04 Å². The number of nitrogens with one attached hydrogen (secondary N) is 1. The van der Waals surface area contributed by atoms with Crippen LogP contribution in [0, 0.1) is 6.92 Å². The van der Waals surface area contributed by atoms with E-state index in [2.05, 4.69) is 17.4 Å². The van der Waals surface area contributed by atoms with Gasteiger partial charge in [-0.1, -0.05) is 96.7 Å². The largest absolute Gasteiger partial charge is 0.352 e. The molecule has 6 heteroatoms. The fourth-order valence-corrected chi connectivity index (χ4v) is 5.73. The molecule has 1 atom stereocenters. The van der Waals surface area contributed by atoms with Crippen LogP contribution in [-0.2, 0) is 28.3 Å². The van der Waals surface area contributed by atoms with Crippen molar-refractivity contribution >= 4 is 35.2 Å². The minimum atomic E-state index is -0.576. The fourth-order valence-electron chi connectivity index (χ4n) is 4.73. The van der Waals surface area contributed by atoms with Gasteiger partial charge in [0.05, 0.1) is 5.75 Å². The number of benzene rings is 3. The molecule has 0 heterocycles. The van der Waals surface area contributed by atoms with Gasteiger partial charge in [0.15, 0.2) is 0 Å². The minimum Gasteiger partial charge on any atom is -0.352 e. The summed E-state index contributed by atoms with van der Waals surface area (Å²) in [6.45, 7) is 2.45. The number of hydrogen-bond donors (Lipinski definition) is 1. The highest BCUT2D eigenvalue weighted by molar-refractivity contribution is 7.99. The van der Waals surface area contributed by atoms with Crippen molar-refractivity contribution in [3.63, 3.8) is 0 Å². The summed E-state index contributed by atoms with van der Waals surface area (Å²) in [6.07, 6.45) is 4.78. The lowest BCUT2D eigenvalue weighted by Gasteiger charge is -2.32. The highest BCUT2D eigenvalue weighted by Gasteiger charge is 2.32. The Morgan fingerprint density at radius 3 is 2.24 bits per heavy atom. The standard InChI is InChI=1S/C31H35ClN2O2S/c1-23-11-13-25(14-12-23)20-34(30(35)22-37-21-26-15-17-27(32)18-16-26)29(19-24-7-3-2-4-8-24)31(36)33-28-9-5-6-10-28/h2-4,7-8,11-18,28-29H,5-6,9-10,19-22H2,1H3,(H,33,36)/t29-/m1/s1. The molecule has 4 nitrogen and oxygen atoms in total. The molecule has 1 aliphatic carbocycles. The van der Waals surface area contributed by atoms with Crippen molar-refractivity contribution in [2.75, 3.05) is 5.75 Å². The average Bonchev–Trinajstić information content (AvgIpc) is 3.42. The summed E-state index contributed by atoms with van der Waals surface area (Å²) in [5.74, 6) is 0.927. The molecule has 0 unspecified atom stereocenters. The van der Waals surface area contributed by atoms with Gasteiger partial charge in [-0.3, -0.25) is 9.59 Å². The molecule has 3 aromatic rings. The van der Waals surface area contributed by atoms with Crippen molar-refractivity contribution in [3.8, 4) is 0 Å². The predicted molar refractivity (Wildman–Crippen MR) is 154 cm³/mol. The second kappa shape index (κ2) is 13.7. The van der Waals surface area contributed by atoms with E-state index in [-0.39, 0.29) is 17.9 Å². The van der Waals surface area contributed by atoms with E-state index in [1.165, 1.54) is 5.56 Å². The first-order valence-electron chi connectivity index (χ1n) is 13.0. The zero-order valence-corrected chi connectivity index (χ0v) is 22.9. The van der Waals surface area contributed by atoms with E-state index in [4.69, 9.17) is 11.6 Å². The first-order valence-corrected chi connectivity index (χ1v) is 14.5. The topological polar surface area (TPSA) is 49.4 Å². The number of hydrogen-bond acceptors (Lipinski definition) is 3. The summed E-state index contributed by atoms with van der Waals surface area (Å²) in [5.41, 5.74) is 4.35. The van der Waals surface area contributed by atoms with E-state index >= 15 is 0 Å². The van der Waals surface area contributed by atoms with Gasteiger partial charge in [0.25, 0.3) is 0 Å². The number of nitrogens with zero attached hydrogens (tertiary/aromatic N) is 1. The van der Waals surface area contributed by atoms with Crippen LogP contribution in [0.15, 0.2) is 78.9 Å². The molecule has 37 heavy (non-hydrogen) atoms. The third kappa shape index (κ3) is 8.37. The van der Waals surface area contributed by atoms with Crippen molar-refractivity contribution in [1.29, 1.82) is 0 Å². The van der Waals surface area contributed by atoms with Gasteiger partial charge in [-0.05, 0) is 48.6 Å². The monoisotopic (exact) mass is 534 g/mol. The van der Waals surface area contributed by atoms with Crippen molar-refractivity contribution in [2.24, 2.45) is 0 Å². The molecular formula is C31H35ClN2O2S. The van der Waals surface area contributed by atoms with Gasteiger partial charge in [-0.2, -0.15) is 0 Å². The van der Waals surface area contributed by atoms with E-state index in [0.717, 1.165) is 42.4 Å². The molecule has 1 N–H and O–H groups in total. The fraction of sp³-hybridized carbons (Fsp3) is 0.355. The first kappa shape index (κ1) is 27.3. The Bertz CT molecular complexity index is 1150. The quantitative estimate of drug-likeness (QED) is 0.302. The van der Waals surface area contributed by atoms with Gasteiger partial charge in [0, 0.05) is 29.8 Å². The highest BCUT2D eigenvalue weighted by Crippen LogP contribution is 2.22. The molecule has 194 valence electrons. The van der Waals surface area contributed by atoms with Crippen LogP contribution >= 0.6 is 23.4 Å². The molecule has 0 aromatic heterocycles. The summed E-state index contributed by atoms with van der Waals surface area (Å²) in [5, 5.41) is 3.96. The molecule has 0 spiro atoms. The first-order chi connectivity index (χ1) is 18.0. The maximum absolute atomic E-state index is 13.7. The normalized spacial score (nSPS) is 14.3. The Morgan fingerprint density at radius 1 is 0.919 bits per heavy atom. The van der Waals surface area contributed by atoms with E-state index in [0.29, 0.717) is 29.5 Å². The van der Waals surface area contributed by atoms with Crippen LogP contribution in [0.3, 0.4) is 0 Å². The molecule has 1 fully saturated rings. The maximum Gasteiger partial charge on any atom is 0.243 e. The van der Waals surface area contributed by atoms with E-state index in [1.807, 2.05) is 73.7 Å². The Hall–Kier alpha value is -2.76. The predicted octanol–water partition coefficient (Wildman–Crippen LogP) is 6.58. The summed E-state index contributed by atoms with van der Waals surface area (Å²) in [6, 6.07) is 25.5. The highest BCUT2D eigenvalue weighted by atomic mass is 35.5. The molecule has 0 saturated heterocycles. The summed E-state index contributed by atoms with van der Waals surface area (Å²) in [4.78, 5) is 29.2. The van der Waals surface area contributed by atoms with E-state index < -0.39 is 6.04 Å². The van der Waals surface area contributed by atoms with Gasteiger partial charge in [-0.25, -0.2) is 0 Å². The van der Waals surface area contributed by atoms with Crippen molar-refractivity contribution in [1.82, 2.24) is 10.2 Å².